The number of rotatable bonds is 6. The maximum Gasteiger partial charge on any atom is 0.341 e. The summed E-state index contributed by atoms with van der Waals surface area (Å²) in [5, 5.41) is -0.297. The van der Waals surface area contributed by atoms with Crippen LogP contribution in [0.15, 0.2) is 15.6 Å². The number of esters is 1. The van der Waals surface area contributed by atoms with Crippen molar-refractivity contribution < 1.29 is 22.4 Å². The van der Waals surface area contributed by atoms with Crippen LogP contribution >= 0.6 is 12.4 Å². The first-order valence-electron chi connectivity index (χ1n) is 6.30. The minimum Gasteiger partial charge on any atom is -0.465 e. The molecule has 0 aromatic carbocycles. The maximum absolute atomic E-state index is 12.2. The molecule has 0 saturated heterocycles. The summed E-state index contributed by atoms with van der Waals surface area (Å²) in [6.07, 6.45) is 1.93. The number of methoxy groups -OCH3 is 1. The second kappa shape index (κ2) is 6.78. The molecule has 1 saturated carbocycles. The molecule has 120 valence electrons. The van der Waals surface area contributed by atoms with Gasteiger partial charge in [0.15, 0.2) is 0 Å². The van der Waals surface area contributed by atoms with Gasteiger partial charge in [0.2, 0.25) is 5.09 Å². The van der Waals surface area contributed by atoms with E-state index in [1.54, 1.807) is 0 Å². The Kier molecular flexibility index (Phi) is 5.80. The van der Waals surface area contributed by atoms with E-state index in [2.05, 4.69) is 9.46 Å². The molecule has 0 aliphatic heterocycles. The van der Waals surface area contributed by atoms with Crippen molar-refractivity contribution in [3.8, 4) is 0 Å². The number of nitrogens with one attached hydrogen (secondary N) is 1. The third kappa shape index (κ3) is 3.97. The molecule has 1 aromatic rings. The molecular weight excluding hydrogens is 320 g/mol. The monoisotopic (exact) mass is 338 g/mol. The van der Waals surface area contributed by atoms with E-state index in [0.29, 0.717) is 0 Å². The molecular formula is C12H19ClN2O5S. The van der Waals surface area contributed by atoms with Gasteiger partial charge in [-0.3, -0.25) is 0 Å². The van der Waals surface area contributed by atoms with Crippen LogP contribution in [-0.4, -0.2) is 34.1 Å². The number of halogens is 1. The molecule has 9 heteroatoms. The van der Waals surface area contributed by atoms with E-state index in [9.17, 15) is 13.2 Å². The van der Waals surface area contributed by atoms with Crippen molar-refractivity contribution >= 4 is 28.4 Å². The molecule has 0 bridgehead atoms. The molecule has 1 atom stereocenters. The standard InChI is InChI=1S/C12H18N2O5S.ClH/c1-7-9(12(15)18-2)5-11(19-7)20(16,17)14-10(6-13)8-3-4-8;/h5,8,10,14H,3-4,6,13H2,1-2H3;1H. The quantitative estimate of drug-likeness (QED) is 0.742. The molecule has 7 nitrogen and oxygen atoms in total. The Hall–Kier alpha value is -1.09. The van der Waals surface area contributed by atoms with Gasteiger partial charge in [0.05, 0.1) is 7.11 Å². The van der Waals surface area contributed by atoms with E-state index in [-0.39, 0.29) is 47.3 Å². The SMILES string of the molecule is COC(=O)c1cc(S(=O)(=O)NC(CN)C2CC2)oc1C.Cl. The molecule has 0 amide bonds. The predicted octanol–water partition coefficient (Wildman–Crippen LogP) is 0.812. The number of aryl methyl sites for hydroxylation is 1. The number of carbonyl (C=O) groups excluding carboxylic acids is 1. The lowest BCUT2D eigenvalue weighted by atomic mass is 10.2. The highest BCUT2D eigenvalue weighted by atomic mass is 35.5. The van der Waals surface area contributed by atoms with Crippen LogP contribution < -0.4 is 10.5 Å². The first kappa shape index (κ1) is 18.0. The fraction of sp³-hybridized carbons (Fsp3) is 0.583. The summed E-state index contributed by atoms with van der Waals surface area (Å²) in [7, 11) is -2.60. The largest absolute Gasteiger partial charge is 0.465 e. The topological polar surface area (TPSA) is 112 Å². The Morgan fingerprint density at radius 3 is 2.67 bits per heavy atom. The molecule has 1 aromatic heterocycles. The number of ether oxygens (including phenoxy) is 1. The lowest BCUT2D eigenvalue weighted by Gasteiger charge is -2.14. The number of furan rings is 1. The Balaban J connectivity index is 0.00000220. The fourth-order valence-corrected chi connectivity index (χ4v) is 3.30. The first-order valence-corrected chi connectivity index (χ1v) is 7.78. The summed E-state index contributed by atoms with van der Waals surface area (Å²) < 4.78 is 36.6. The third-order valence-electron chi connectivity index (χ3n) is 3.32. The average molecular weight is 339 g/mol. The van der Waals surface area contributed by atoms with Gasteiger partial charge in [0, 0.05) is 18.7 Å². The zero-order chi connectivity index (χ0) is 14.9. The molecule has 0 radical (unpaired) electrons. The van der Waals surface area contributed by atoms with Gasteiger partial charge in [0.25, 0.3) is 10.0 Å². The molecule has 1 aliphatic carbocycles. The highest BCUT2D eigenvalue weighted by Crippen LogP contribution is 2.33. The van der Waals surface area contributed by atoms with Crippen LogP contribution in [-0.2, 0) is 14.8 Å². The van der Waals surface area contributed by atoms with E-state index in [4.69, 9.17) is 10.2 Å². The van der Waals surface area contributed by atoms with Crippen LogP contribution in [0.2, 0.25) is 0 Å². The minimum absolute atomic E-state index is 0. The van der Waals surface area contributed by atoms with Gasteiger partial charge < -0.3 is 14.9 Å². The Morgan fingerprint density at radius 1 is 1.57 bits per heavy atom. The Labute approximate surface area is 129 Å². The Bertz CT molecular complexity index is 609. The number of hydrogen-bond donors (Lipinski definition) is 2. The second-order valence-electron chi connectivity index (χ2n) is 4.83. The highest BCUT2D eigenvalue weighted by molar-refractivity contribution is 7.89. The molecule has 1 unspecified atom stereocenters. The number of carbonyl (C=O) groups is 1. The van der Waals surface area contributed by atoms with Gasteiger partial charge in [-0.25, -0.2) is 17.9 Å². The highest BCUT2D eigenvalue weighted by Gasteiger charge is 2.35. The summed E-state index contributed by atoms with van der Waals surface area (Å²) in [6.45, 7) is 1.74. The summed E-state index contributed by atoms with van der Waals surface area (Å²) in [6, 6.07) is 0.872. The summed E-state index contributed by atoms with van der Waals surface area (Å²) >= 11 is 0. The van der Waals surface area contributed by atoms with Crippen LogP contribution in [0.25, 0.3) is 0 Å². The van der Waals surface area contributed by atoms with Gasteiger partial charge in [-0.15, -0.1) is 12.4 Å². The molecule has 3 N–H and O–H groups in total. The van der Waals surface area contributed by atoms with Crippen LogP contribution in [0.3, 0.4) is 0 Å². The van der Waals surface area contributed by atoms with Crippen molar-refractivity contribution in [2.75, 3.05) is 13.7 Å². The van der Waals surface area contributed by atoms with E-state index in [0.717, 1.165) is 12.8 Å². The number of hydrogen-bond acceptors (Lipinski definition) is 6. The molecule has 21 heavy (non-hydrogen) atoms. The predicted molar refractivity (Wildman–Crippen MR) is 77.9 cm³/mol. The van der Waals surface area contributed by atoms with Gasteiger partial charge in [-0.2, -0.15) is 0 Å². The molecule has 0 spiro atoms. The number of nitrogens with two attached hydrogens (primary N) is 1. The average Bonchev–Trinajstić information content (AvgIpc) is 3.17. The van der Waals surface area contributed by atoms with E-state index >= 15 is 0 Å². The van der Waals surface area contributed by atoms with E-state index in [1.807, 2.05) is 0 Å². The summed E-state index contributed by atoms with van der Waals surface area (Å²) in [5.74, 6) is -0.149. The van der Waals surface area contributed by atoms with Crippen molar-refractivity contribution in [2.24, 2.45) is 11.7 Å². The van der Waals surface area contributed by atoms with Gasteiger partial charge >= 0.3 is 5.97 Å². The zero-order valence-corrected chi connectivity index (χ0v) is 13.4. The van der Waals surface area contributed by atoms with Crippen molar-refractivity contribution in [1.29, 1.82) is 0 Å². The van der Waals surface area contributed by atoms with E-state index in [1.165, 1.54) is 20.1 Å². The van der Waals surface area contributed by atoms with Crippen LogP contribution in [0.5, 0.6) is 0 Å². The number of sulfonamides is 1. The van der Waals surface area contributed by atoms with Gasteiger partial charge in [-0.05, 0) is 25.7 Å². The normalized spacial score (nSPS) is 16.1. The molecule has 1 fully saturated rings. The lowest BCUT2D eigenvalue weighted by molar-refractivity contribution is 0.0599. The first-order chi connectivity index (χ1) is 9.39. The van der Waals surface area contributed by atoms with Crippen molar-refractivity contribution in [3.63, 3.8) is 0 Å². The van der Waals surface area contributed by atoms with Crippen molar-refractivity contribution in [1.82, 2.24) is 4.72 Å². The molecule has 1 heterocycles. The third-order valence-corrected chi connectivity index (χ3v) is 4.66. The molecule has 2 rings (SSSR count). The van der Waals surface area contributed by atoms with Crippen molar-refractivity contribution in [3.05, 3.63) is 17.4 Å². The maximum atomic E-state index is 12.2. The summed E-state index contributed by atoms with van der Waals surface area (Å²) in [5.41, 5.74) is 5.67. The van der Waals surface area contributed by atoms with E-state index < -0.39 is 16.0 Å². The fourth-order valence-electron chi connectivity index (χ4n) is 1.99. The van der Waals surface area contributed by atoms with Gasteiger partial charge in [-0.1, -0.05) is 0 Å². The minimum atomic E-state index is -3.82. The summed E-state index contributed by atoms with van der Waals surface area (Å²) in [4.78, 5) is 11.5. The molecule has 1 aliphatic rings. The van der Waals surface area contributed by atoms with Crippen LogP contribution in [0.1, 0.15) is 29.0 Å². The van der Waals surface area contributed by atoms with Gasteiger partial charge in [0.1, 0.15) is 11.3 Å². The van der Waals surface area contributed by atoms with Crippen molar-refractivity contribution in [2.45, 2.75) is 30.9 Å². The van der Waals surface area contributed by atoms with Crippen LogP contribution in [0, 0.1) is 12.8 Å². The second-order valence-corrected chi connectivity index (χ2v) is 6.47. The Morgan fingerprint density at radius 2 is 2.19 bits per heavy atom. The smallest absolute Gasteiger partial charge is 0.341 e. The van der Waals surface area contributed by atoms with Crippen LogP contribution in [0.4, 0.5) is 0 Å². The lowest BCUT2D eigenvalue weighted by Crippen LogP contribution is -2.41. The zero-order valence-electron chi connectivity index (χ0n) is 11.8.